The van der Waals surface area contributed by atoms with Gasteiger partial charge >= 0.3 is 12.4 Å². The number of rotatable bonds is 4. The van der Waals surface area contributed by atoms with Crippen LogP contribution in [0.2, 0.25) is 15.1 Å². The zero-order valence-corrected chi connectivity index (χ0v) is 16.3. The van der Waals surface area contributed by atoms with Gasteiger partial charge in [0.05, 0.1) is 32.1 Å². The fourth-order valence-electron chi connectivity index (χ4n) is 2.49. The monoisotopic (exact) mass is 475 g/mol. The summed E-state index contributed by atoms with van der Waals surface area (Å²) in [7, 11) is 0. The highest BCUT2D eigenvalue weighted by atomic mass is 35.5. The second kappa shape index (κ2) is 8.45. The third kappa shape index (κ3) is 5.58. The molecule has 0 spiro atoms. The summed E-state index contributed by atoms with van der Waals surface area (Å²) in [5.74, 6) is -3.54. The Balaban J connectivity index is 2.52. The van der Waals surface area contributed by atoms with Crippen molar-refractivity contribution in [3.63, 3.8) is 0 Å². The number of carbonyl (C=O) groups is 1. The molecule has 0 saturated carbocycles. The molecule has 1 unspecified atom stereocenters. The minimum Gasteiger partial charge on any atom is -0.366 e. The van der Waals surface area contributed by atoms with Crippen LogP contribution in [0.4, 0.5) is 26.3 Å². The van der Waals surface area contributed by atoms with Crippen LogP contribution in [0, 0.1) is 0 Å². The zero-order chi connectivity index (χ0) is 22.1. The van der Waals surface area contributed by atoms with Crippen LogP contribution >= 0.6 is 34.8 Å². The van der Waals surface area contributed by atoms with E-state index in [9.17, 15) is 31.1 Å². The Morgan fingerprint density at radius 2 is 1.52 bits per heavy atom. The van der Waals surface area contributed by atoms with Crippen molar-refractivity contribution in [3.8, 4) is 0 Å². The quantitative estimate of drug-likeness (QED) is 0.370. The third-order valence-electron chi connectivity index (χ3n) is 3.81. The molecular formula is C18H10Cl3F6NO. The number of halogens is 9. The van der Waals surface area contributed by atoms with E-state index < -0.39 is 35.3 Å². The first-order valence-electron chi connectivity index (χ1n) is 7.62. The Labute approximate surface area is 175 Å². The SMILES string of the molecule is NC(=O)c1ccc(C=CC(c2cc(Cl)c(Cl)c(Cl)c2)C(F)(F)F)cc1C(F)(F)F. The maximum absolute atomic E-state index is 13.5. The third-order valence-corrected chi connectivity index (χ3v) is 5.01. The minimum atomic E-state index is -4.92. The van der Waals surface area contributed by atoms with E-state index in [2.05, 4.69) is 0 Å². The Bertz CT molecular complexity index is 946. The summed E-state index contributed by atoms with van der Waals surface area (Å²) in [6.45, 7) is 0. The summed E-state index contributed by atoms with van der Waals surface area (Å²) in [6, 6.07) is 4.31. The van der Waals surface area contributed by atoms with Crippen LogP contribution in [0.3, 0.4) is 0 Å². The molecule has 2 aromatic carbocycles. The molecule has 2 nitrogen and oxygen atoms in total. The van der Waals surface area contributed by atoms with Crippen molar-refractivity contribution in [2.75, 3.05) is 0 Å². The molecule has 0 radical (unpaired) electrons. The highest BCUT2D eigenvalue weighted by Gasteiger charge is 2.39. The summed E-state index contributed by atoms with van der Waals surface area (Å²) >= 11 is 17.3. The Morgan fingerprint density at radius 1 is 0.966 bits per heavy atom. The molecule has 0 aliphatic heterocycles. The fourth-order valence-corrected chi connectivity index (χ4v) is 3.10. The first kappa shape index (κ1) is 23.4. The number of carbonyl (C=O) groups excluding carboxylic acids is 1. The predicted octanol–water partition coefficient (Wildman–Crippen LogP) is 7.12. The van der Waals surface area contributed by atoms with Gasteiger partial charge in [-0.3, -0.25) is 4.79 Å². The maximum Gasteiger partial charge on any atom is 0.417 e. The van der Waals surface area contributed by atoms with Gasteiger partial charge in [-0.1, -0.05) is 53.0 Å². The summed E-state index contributed by atoms with van der Waals surface area (Å²) < 4.78 is 79.8. The van der Waals surface area contributed by atoms with E-state index in [1.807, 2.05) is 0 Å². The van der Waals surface area contributed by atoms with Gasteiger partial charge in [0.1, 0.15) is 0 Å². The smallest absolute Gasteiger partial charge is 0.366 e. The first-order chi connectivity index (χ1) is 13.2. The van der Waals surface area contributed by atoms with Gasteiger partial charge in [-0.15, -0.1) is 0 Å². The number of hydrogen-bond donors (Lipinski definition) is 1. The van der Waals surface area contributed by atoms with Gasteiger partial charge in [0.25, 0.3) is 0 Å². The normalized spacial score (nSPS) is 13.7. The average molecular weight is 477 g/mol. The number of primary amides is 1. The van der Waals surface area contributed by atoms with E-state index in [0.29, 0.717) is 12.1 Å². The first-order valence-corrected chi connectivity index (χ1v) is 8.75. The highest BCUT2D eigenvalue weighted by Crippen LogP contribution is 2.41. The molecule has 1 amide bonds. The lowest BCUT2D eigenvalue weighted by Gasteiger charge is -2.18. The lowest BCUT2D eigenvalue weighted by atomic mass is 9.96. The van der Waals surface area contributed by atoms with E-state index in [4.69, 9.17) is 40.5 Å². The predicted molar refractivity (Wildman–Crippen MR) is 99.3 cm³/mol. The standard InChI is InChI=1S/C18H10Cl3F6NO/c19-13-6-9(7-14(20)15(13)21)11(17(22,23)24)4-2-8-1-3-10(16(28)29)12(5-8)18(25,26)27/h1-7,11H,(H2,28,29). The van der Waals surface area contributed by atoms with E-state index >= 15 is 0 Å². The summed E-state index contributed by atoms with van der Waals surface area (Å²) in [4.78, 5) is 11.2. The van der Waals surface area contributed by atoms with E-state index in [-0.39, 0.29) is 26.2 Å². The van der Waals surface area contributed by atoms with Crippen molar-refractivity contribution in [2.24, 2.45) is 5.73 Å². The van der Waals surface area contributed by atoms with Crippen molar-refractivity contribution < 1.29 is 31.1 Å². The van der Waals surface area contributed by atoms with Crippen LogP contribution in [0.5, 0.6) is 0 Å². The van der Waals surface area contributed by atoms with E-state index in [1.54, 1.807) is 0 Å². The van der Waals surface area contributed by atoms with Crippen molar-refractivity contribution in [2.45, 2.75) is 18.3 Å². The molecule has 0 saturated heterocycles. The molecule has 0 bridgehead atoms. The molecule has 156 valence electrons. The van der Waals surface area contributed by atoms with Gasteiger partial charge in [-0.25, -0.2) is 0 Å². The Hall–Kier alpha value is -1.90. The molecule has 0 aromatic heterocycles. The van der Waals surface area contributed by atoms with Crippen molar-refractivity contribution >= 4 is 46.8 Å². The maximum atomic E-state index is 13.5. The number of hydrogen-bond acceptors (Lipinski definition) is 1. The van der Waals surface area contributed by atoms with Crippen LogP contribution in [0.1, 0.15) is 33.0 Å². The van der Waals surface area contributed by atoms with Gasteiger partial charge in [0.2, 0.25) is 5.91 Å². The van der Waals surface area contributed by atoms with Crippen molar-refractivity contribution in [3.05, 3.63) is 73.7 Å². The summed E-state index contributed by atoms with van der Waals surface area (Å²) in [5.41, 5.74) is 2.20. The highest BCUT2D eigenvalue weighted by molar-refractivity contribution is 6.48. The molecule has 11 heteroatoms. The van der Waals surface area contributed by atoms with E-state index in [0.717, 1.165) is 30.3 Å². The van der Waals surface area contributed by atoms with Crippen LogP contribution in [0.25, 0.3) is 6.08 Å². The molecule has 2 aromatic rings. The number of allylic oxidation sites excluding steroid dienone is 1. The van der Waals surface area contributed by atoms with Gasteiger partial charge in [-0.05, 0) is 35.4 Å². The molecule has 2 N–H and O–H groups in total. The van der Waals surface area contributed by atoms with E-state index in [1.165, 1.54) is 0 Å². The van der Waals surface area contributed by atoms with Gasteiger partial charge in [0.15, 0.2) is 0 Å². The second-order valence-electron chi connectivity index (χ2n) is 5.84. The van der Waals surface area contributed by atoms with Crippen molar-refractivity contribution in [1.29, 1.82) is 0 Å². The van der Waals surface area contributed by atoms with Gasteiger partial charge < -0.3 is 5.73 Å². The lowest BCUT2D eigenvalue weighted by molar-refractivity contribution is -0.139. The molecule has 0 heterocycles. The topological polar surface area (TPSA) is 43.1 Å². The summed E-state index contributed by atoms with van der Waals surface area (Å²) in [6.07, 6.45) is -8.23. The minimum absolute atomic E-state index is 0.126. The average Bonchev–Trinajstić information content (AvgIpc) is 2.57. The molecule has 2 rings (SSSR count). The second-order valence-corrected chi connectivity index (χ2v) is 7.04. The van der Waals surface area contributed by atoms with Crippen LogP contribution in [-0.2, 0) is 6.18 Å². The molecule has 0 aliphatic carbocycles. The molecule has 1 atom stereocenters. The number of alkyl halides is 6. The lowest BCUT2D eigenvalue weighted by Crippen LogP contribution is -2.19. The van der Waals surface area contributed by atoms with Gasteiger partial charge in [-0.2, -0.15) is 26.3 Å². The zero-order valence-electron chi connectivity index (χ0n) is 14.0. The Kier molecular flexibility index (Phi) is 6.82. The van der Waals surface area contributed by atoms with Crippen LogP contribution in [0.15, 0.2) is 36.4 Å². The number of benzene rings is 2. The molecule has 0 fully saturated rings. The Morgan fingerprint density at radius 3 is 1.97 bits per heavy atom. The number of nitrogens with two attached hydrogens (primary N) is 1. The van der Waals surface area contributed by atoms with Crippen molar-refractivity contribution in [1.82, 2.24) is 0 Å². The van der Waals surface area contributed by atoms with Crippen LogP contribution < -0.4 is 5.73 Å². The molecular weight excluding hydrogens is 467 g/mol. The number of amides is 1. The van der Waals surface area contributed by atoms with Gasteiger partial charge in [0, 0.05) is 0 Å². The molecule has 29 heavy (non-hydrogen) atoms. The molecule has 0 aliphatic rings. The largest absolute Gasteiger partial charge is 0.417 e. The fraction of sp³-hybridized carbons (Fsp3) is 0.167. The van der Waals surface area contributed by atoms with Crippen LogP contribution in [-0.4, -0.2) is 12.1 Å². The summed E-state index contributed by atoms with van der Waals surface area (Å²) in [5, 5.41) is -0.539.